The molecule has 0 amide bonds. The zero-order valence-corrected chi connectivity index (χ0v) is 22.6. The third-order valence-electron chi connectivity index (χ3n) is 12.1. The zero-order valence-electron chi connectivity index (χ0n) is 22.6. The fourth-order valence-corrected chi connectivity index (χ4v) is 10.3. The van der Waals surface area contributed by atoms with Crippen molar-refractivity contribution in [2.24, 2.45) is 52.3 Å². The van der Waals surface area contributed by atoms with Crippen LogP contribution in [0.1, 0.15) is 105 Å². The van der Waals surface area contributed by atoms with Crippen LogP contribution in [-0.2, 0) is 9.47 Å². The predicted octanol–water partition coefficient (Wildman–Crippen LogP) is 6.18. The Bertz CT molecular complexity index is 715. The number of hydrogen-bond acceptors (Lipinski definition) is 4. The van der Waals surface area contributed by atoms with E-state index in [1.807, 2.05) is 6.92 Å². The maximum absolute atomic E-state index is 10.3. The molecule has 2 aliphatic heterocycles. The first-order valence-electron chi connectivity index (χ1n) is 14.8. The average Bonchev–Trinajstić information content (AvgIpc) is 3.27. The van der Waals surface area contributed by atoms with Crippen LogP contribution in [0.3, 0.4) is 0 Å². The Hall–Kier alpha value is -0.160. The fraction of sp³-hybridized carbons (Fsp3) is 1.00. The molecule has 0 aromatic heterocycles. The lowest BCUT2D eigenvalue weighted by Gasteiger charge is -2.61. The molecule has 0 radical (unpaired) electrons. The maximum atomic E-state index is 10.3. The molecule has 4 nitrogen and oxygen atoms in total. The summed E-state index contributed by atoms with van der Waals surface area (Å²) in [6.45, 7) is 13.1. The van der Waals surface area contributed by atoms with Gasteiger partial charge in [-0.2, -0.15) is 0 Å². The lowest BCUT2D eigenvalue weighted by Crippen LogP contribution is -2.55. The van der Waals surface area contributed by atoms with E-state index >= 15 is 0 Å². The first kappa shape index (κ1) is 25.5. The Morgan fingerprint density at radius 2 is 1.62 bits per heavy atom. The topological polar surface area (TPSA) is 58.9 Å². The van der Waals surface area contributed by atoms with Crippen molar-refractivity contribution in [3.05, 3.63) is 0 Å². The second-order valence-corrected chi connectivity index (χ2v) is 13.8. The number of aliphatic hydroxyl groups excluding tert-OH is 2. The van der Waals surface area contributed by atoms with Crippen LogP contribution in [0.5, 0.6) is 0 Å². The van der Waals surface area contributed by atoms with Gasteiger partial charge in [-0.1, -0.05) is 34.6 Å². The Morgan fingerprint density at radius 1 is 0.882 bits per heavy atom. The highest BCUT2D eigenvalue weighted by molar-refractivity contribution is 5.15. The van der Waals surface area contributed by atoms with E-state index in [0.29, 0.717) is 41.3 Å². The van der Waals surface area contributed by atoms with Gasteiger partial charge in [0.2, 0.25) is 0 Å². The standard InChI is InChI=1S/C27H44O3.C3H8O/c1-16-7-12-27(29-15-16)17(2)24-23(30-27)14-22-20-6-5-18-13-19(28)8-10-25(18,3)21(20)9-11-26(22,24)4;1-2-3-4/h16-24,28H,5-15H2,1-4H3;4H,2-3H2,1H3/t16-,17-,18+,19-,20+,21-,22-,23-,24-,25-,26-,27+;/m0./s1. The molecule has 196 valence electrons. The van der Waals surface area contributed by atoms with Crippen molar-refractivity contribution < 1.29 is 19.7 Å². The van der Waals surface area contributed by atoms with E-state index in [2.05, 4.69) is 27.7 Å². The van der Waals surface area contributed by atoms with Crippen molar-refractivity contribution in [1.82, 2.24) is 0 Å². The van der Waals surface area contributed by atoms with Gasteiger partial charge in [0, 0.05) is 18.9 Å². The summed E-state index contributed by atoms with van der Waals surface area (Å²) in [5.41, 5.74) is 0.899. The van der Waals surface area contributed by atoms with Crippen molar-refractivity contribution in [2.75, 3.05) is 13.2 Å². The Labute approximate surface area is 208 Å². The van der Waals surface area contributed by atoms with Crippen LogP contribution in [0.4, 0.5) is 0 Å². The largest absolute Gasteiger partial charge is 0.396 e. The number of fused-ring (bicyclic) bond motifs is 7. The van der Waals surface area contributed by atoms with Crippen LogP contribution >= 0.6 is 0 Å². The van der Waals surface area contributed by atoms with Crippen LogP contribution in [0, 0.1) is 52.3 Å². The molecular formula is C30H52O4. The third-order valence-corrected chi connectivity index (χ3v) is 12.1. The van der Waals surface area contributed by atoms with Crippen LogP contribution in [0.15, 0.2) is 0 Å². The first-order valence-corrected chi connectivity index (χ1v) is 14.8. The molecule has 6 rings (SSSR count). The molecule has 2 saturated heterocycles. The molecule has 2 N–H and O–H groups in total. The third kappa shape index (κ3) is 3.84. The van der Waals surface area contributed by atoms with Crippen LogP contribution in [0.25, 0.3) is 0 Å². The minimum atomic E-state index is -0.282. The highest BCUT2D eigenvalue weighted by atomic mass is 16.7. The number of ether oxygens (including phenoxy) is 2. The molecule has 6 fully saturated rings. The number of aliphatic hydroxyl groups is 2. The lowest BCUT2D eigenvalue weighted by atomic mass is 9.44. The van der Waals surface area contributed by atoms with E-state index in [4.69, 9.17) is 14.6 Å². The Kier molecular flexibility index (Phi) is 6.97. The van der Waals surface area contributed by atoms with Crippen molar-refractivity contribution in [3.63, 3.8) is 0 Å². The second-order valence-electron chi connectivity index (χ2n) is 13.8. The molecule has 1 spiro atoms. The molecule has 0 unspecified atom stereocenters. The molecule has 2 heterocycles. The number of rotatable bonds is 1. The molecule has 0 bridgehead atoms. The lowest BCUT2D eigenvalue weighted by molar-refractivity contribution is -0.273. The molecule has 0 aromatic carbocycles. The Morgan fingerprint density at radius 3 is 2.29 bits per heavy atom. The highest BCUT2D eigenvalue weighted by Crippen LogP contribution is 2.71. The number of hydrogen-bond donors (Lipinski definition) is 2. The summed E-state index contributed by atoms with van der Waals surface area (Å²) in [5.74, 6) is 4.93. The molecule has 4 saturated carbocycles. The highest BCUT2D eigenvalue weighted by Gasteiger charge is 2.69. The fourth-order valence-electron chi connectivity index (χ4n) is 10.3. The van der Waals surface area contributed by atoms with Crippen molar-refractivity contribution in [3.8, 4) is 0 Å². The van der Waals surface area contributed by atoms with Crippen molar-refractivity contribution >= 4 is 0 Å². The van der Waals surface area contributed by atoms with Gasteiger partial charge >= 0.3 is 0 Å². The van der Waals surface area contributed by atoms with E-state index < -0.39 is 0 Å². The predicted molar refractivity (Wildman–Crippen MR) is 135 cm³/mol. The monoisotopic (exact) mass is 476 g/mol. The van der Waals surface area contributed by atoms with Gasteiger partial charge in [-0.15, -0.1) is 0 Å². The van der Waals surface area contributed by atoms with Gasteiger partial charge in [-0.05, 0) is 111 Å². The van der Waals surface area contributed by atoms with E-state index in [1.54, 1.807) is 0 Å². The van der Waals surface area contributed by atoms with Gasteiger partial charge in [0.1, 0.15) is 0 Å². The van der Waals surface area contributed by atoms with E-state index in [1.165, 1.54) is 44.9 Å². The summed E-state index contributed by atoms with van der Waals surface area (Å²) in [6.07, 6.45) is 13.7. The molecule has 4 aliphatic carbocycles. The van der Waals surface area contributed by atoms with Crippen molar-refractivity contribution in [1.29, 1.82) is 0 Å². The van der Waals surface area contributed by atoms with Crippen molar-refractivity contribution in [2.45, 2.75) is 123 Å². The molecule has 34 heavy (non-hydrogen) atoms. The molecule has 0 aromatic rings. The van der Waals surface area contributed by atoms with Gasteiger partial charge in [0.05, 0.1) is 18.8 Å². The summed E-state index contributed by atoms with van der Waals surface area (Å²) < 4.78 is 13.4. The average molecular weight is 477 g/mol. The smallest absolute Gasteiger partial charge is 0.171 e. The quantitative estimate of drug-likeness (QED) is 0.474. The van der Waals surface area contributed by atoms with Crippen LogP contribution < -0.4 is 0 Å². The summed E-state index contributed by atoms with van der Waals surface area (Å²) >= 11 is 0. The minimum Gasteiger partial charge on any atom is -0.396 e. The zero-order chi connectivity index (χ0) is 24.3. The van der Waals surface area contributed by atoms with Crippen LogP contribution in [0.2, 0.25) is 0 Å². The molecule has 6 aliphatic rings. The van der Waals surface area contributed by atoms with E-state index in [-0.39, 0.29) is 11.9 Å². The van der Waals surface area contributed by atoms with Gasteiger partial charge < -0.3 is 19.7 Å². The van der Waals surface area contributed by atoms with Gasteiger partial charge in [0.15, 0.2) is 5.79 Å². The molecule has 12 atom stereocenters. The van der Waals surface area contributed by atoms with Gasteiger partial charge in [-0.25, -0.2) is 0 Å². The van der Waals surface area contributed by atoms with E-state index in [9.17, 15) is 5.11 Å². The SMILES string of the molecule is CCCO.C[C@H]1CC[C@@]2(OC1)O[C@H]1C[C@H]3[C@@H]4CC[C@@H]5C[C@@H](O)CC[C@]5(C)[C@H]4CC[C@]3(C)[C@H]1[C@@H]2C. The Balaban J connectivity index is 0.000000560. The van der Waals surface area contributed by atoms with Gasteiger partial charge in [-0.3, -0.25) is 0 Å². The van der Waals surface area contributed by atoms with Gasteiger partial charge in [0.25, 0.3) is 0 Å². The normalized spacial score (nSPS) is 56.0. The summed E-state index contributed by atoms with van der Waals surface area (Å²) in [7, 11) is 0. The summed E-state index contributed by atoms with van der Waals surface area (Å²) in [5, 5.41) is 18.2. The first-order chi connectivity index (χ1) is 16.2. The van der Waals surface area contributed by atoms with E-state index in [0.717, 1.165) is 56.0 Å². The summed E-state index contributed by atoms with van der Waals surface area (Å²) in [4.78, 5) is 0. The second kappa shape index (κ2) is 9.30. The molecule has 4 heteroatoms. The van der Waals surface area contributed by atoms with Crippen LogP contribution in [-0.4, -0.2) is 41.4 Å². The summed E-state index contributed by atoms with van der Waals surface area (Å²) in [6, 6.07) is 0. The maximum Gasteiger partial charge on any atom is 0.171 e. The minimum absolute atomic E-state index is 0.0389. The molecular weight excluding hydrogens is 424 g/mol.